The van der Waals surface area contributed by atoms with E-state index in [-0.39, 0.29) is 56.8 Å². The van der Waals surface area contributed by atoms with Crippen molar-refractivity contribution in [2.75, 3.05) is 17.2 Å². The maximum Gasteiger partial charge on any atom is 0.512 e. The van der Waals surface area contributed by atoms with Crippen LogP contribution in [0.15, 0.2) is 68.3 Å². The van der Waals surface area contributed by atoms with E-state index in [1.165, 1.54) is 33.4 Å². The number of carboxylic acid groups (broad SMARTS) is 1. The Balaban J connectivity index is 1.05. The summed E-state index contributed by atoms with van der Waals surface area (Å²) in [4.78, 5) is 57.6. The molecule has 2 amide bonds. The Morgan fingerprint density at radius 2 is 1.87 bits per heavy atom. The minimum absolute atomic E-state index is 0.0328. The molecule has 60 heavy (non-hydrogen) atoms. The zero-order valence-corrected chi connectivity index (χ0v) is 33.6. The van der Waals surface area contributed by atoms with Gasteiger partial charge in [0.25, 0.3) is 17.6 Å². The number of nitrogens with two attached hydrogens (primary N) is 1. The lowest BCUT2D eigenvalue weighted by Crippen LogP contribution is -2.70. The number of thioether (sulfide) groups is 2. The van der Waals surface area contributed by atoms with Gasteiger partial charge in [0.1, 0.15) is 28.7 Å². The number of aryl methyl sites for hydroxylation is 1. The van der Waals surface area contributed by atoms with Crippen LogP contribution in [0.2, 0.25) is 0 Å². The third kappa shape index (κ3) is 8.50. The maximum absolute atomic E-state index is 14.4. The van der Waals surface area contributed by atoms with E-state index in [9.17, 15) is 52.7 Å². The molecule has 7 rings (SSSR count). The number of benzene rings is 2. The average molecular weight is 905 g/mol. The third-order valence-electron chi connectivity index (χ3n) is 8.52. The highest BCUT2D eigenvalue weighted by atomic mass is 32.2. The number of carbonyl (C=O) groups is 3. The number of phenolic OH excluding ortho intramolecular Hbond substituents is 4. The number of rotatable bonds is 14. The number of nitrogens with zero attached hydrogens (tertiary/aromatic N) is 7. The number of aromatic hydroxyl groups is 4. The molecule has 2 aliphatic heterocycles. The van der Waals surface area contributed by atoms with E-state index < -0.39 is 80.5 Å². The van der Waals surface area contributed by atoms with E-state index >= 15 is 0 Å². The third-order valence-corrected chi connectivity index (χ3v) is 13.0. The van der Waals surface area contributed by atoms with Gasteiger partial charge in [0.2, 0.25) is 15.9 Å². The molecule has 27 heteroatoms. The number of hydrogen-bond acceptors (Lipinski definition) is 20. The Kier molecular flexibility index (Phi) is 11.6. The molecule has 2 unspecified atom stereocenters. The van der Waals surface area contributed by atoms with Gasteiger partial charge in [-0.3, -0.25) is 14.5 Å². The molecule has 0 spiro atoms. The predicted molar refractivity (Wildman–Crippen MR) is 209 cm³/mol. The van der Waals surface area contributed by atoms with Crippen LogP contribution in [0, 0.1) is 12.7 Å². The summed E-state index contributed by atoms with van der Waals surface area (Å²) in [5.41, 5.74) is 6.01. The summed E-state index contributed by atoms with van der Waals surface area (Å²) >= 11 is 3.36. The monoisotopic (exact) mass is 904 g/mol. The number of oxime groups is 1. The highest BCUT2D eigenvalue weighted by molar-refractivity contribution is 8.01. The molecule has 0 bridgehead atoms. The molecule has 22 nitrogen and oxygen atoms in total. The number of sulfonamides is 1. The lowest BCUT2D eigenvalue weighted by molar-refractivity contribution is -0.148. The van der Waals surface area contributed by atoms with Crippen LogP contribution in [0.4, 0.5) is 14.3 Å². The second-order valence-corrected chi connectivity index (χ2v) is 17.3. The van der Waals surface area contributed by atoms with Gasteiger partial charge in [0.05, 0.1) is 11.4 Å². The van der Waals surface area contributed by atoms with Gasteiger partial charge < -0.3 is 46.2 Å². The van der Waals surface area contributed by atoms with Gasteiger partial charge in [-0.05, 0) is 37.3 Å². The Morgan fingerprint density at radius 1 is 1.10 bits per heavy atom. The Morgan fingerprint density at radius 3 is 2.58 bits per heavy atom. The summed E-state index contributed by atoms with van der Waals surface area (Å²) < 4.78 is 48.8. The van der Waals surface area contributed by atoms with E-state index in [0.29, 0.717) is 16.3 Å². The van der Waals surface area contributed by atoms with Crippen LogP contribution in [0.3, 0.4) is 0 Å². The molecule has 1 saturated heterocycles. The number of phenols is 4. The van der Waals surface area contributed by atoms with Crippen molar-refractivity contribution in [2.45, 2.75) is 41.4 Å². The highest BCUT2D eigenvalue weighted by Crippen LogP contribution is 2.42. The van der Waals surface area contributed by atoms with Gasteiger partial charge in [-0.1, -0.05) is 5.16 Å². The van der Waals surface area contributed by atoms with Crippen LogP contribution in [0.1, 0.15) is 22.8 Å². The second-order valence-electron chi connectivity index (χ2n) is 12.6. The molecular formula is C33H29FN10O12S4. The molecule has 0 radical (unpaired) electrons. The number of nitrogens with one attached hydrogen (secondary N) is 2. The summed E-state index contributed by atoms with van der Waals surface area (Å²) in [6, 6.07) is 5.66. The molecule has 2 aliphatic rings. The lowest BCUT2D eigenvalue weighted by atomic mass is 10.1. The molecule has 0 saturated carbocycles. The molecule has 2 atom stereocenters. The first-order valence-electron chi connectivity index (χ1n) is 16.9. The van der Waals surface area contributed by atoms with Gasteiger partial charge in [0, 0.05) is 39.8 Å². The molecule has 5 aromatic rings. The number of thiazole rings is 1. The predicted octanol–water partition coefficient (Wildman–Crippen LogP) is 1.93. The van der Waals surface area contributed by atoms with E-state index in [1.807, 2.05) is 0 Å². The van der Waals surface area contributed by atoms with Gasteiger partial charge in [-0.2, -0.15) is 9.50 Å². The zero-order chi connectivity index (χ0) is 43.0. The molecule has 9 N–H and O–H groups in total. The summed E-state index contributed by atoms with van der Waals surface area (Å²) in [5, 5.41) is 59.9. The first kappa shape index (κ1) is 41.7. The Bertz CT molecular complexity index is 2750. The number of anilines is 1. The molecule has 1 fully saturated rings. The van der Waals surface area contributed by atoms with Gasteiger partial charge in [-0.15, -0.1) is 40.0 Å². The normalized spacial score (nSPS) is 16.7. The molecule has 3 aromatic heterocycles. The molecule has 0 aliphatic carbocycles. The lowest BCUT2D eigenvalue weighted by Gasteiger charge is -2.49. The molecule has 2 aromatic carbocycles. The smallest absolute Gasteiger partial charge is 0.504 e. The van der Waals surface area contributed by atoms with Crippen molar-refractivity contribution in [3.05, 3.63) is 81.8 Å². The molecule has 314 valence electrons. The summed E-state index contributed by atoms with van der Waals surface area (Å²) in [6.07, 6.45) is -1.70. The number of carbonyl (C=O) groups excluding carboxylic acids is 2. The van der Waals surface area contributed by atoms with Crippen molar-refractivity contribution in [1.82, 2.24) is 39.5 Å². The summed E-state index contributed by atoms with van der Waals surface area (Å²) in [5.74, 6) is -5.49. The number of nitrogen functional groups attached to an aromatic ring is 1. The van der Waals surface area contributed by atoms with Crippen LogP contribution in [-0.4, -0.2) is 110 Å². The van der Waals surface area contributed by atoms with E-state index in [0.717, 1.165) is 46.6 Å². The summed E-state index contributed by atoms with van der Waals surface area (Å²) in [7, 11) is -4.15. The summed E-state index contributed by atoms with van der Waals surface area (Å²) in [6.45, 7) is 0.747. The largest absolute Gasteiger partial charge is 0.512 e. The fourth-order valence-corrected chi connectivity index (χ4v) is 9.69. The van der Waals surface area contributed by atoms with Crippen molar-refractivity contribution < 1.29 is 62.3 Å². The van der Waals surface area contributed by atoms with Gasteiger partial charge in [0.15, 0.2) is 45.5 Å². The number of halogens is 1. The number of hydrogen-bond donors (Lipinski definition) is 8. The number of amides is 2. The first-order chi connectivity index (χ1) is 28.5. The fourth-order valence-electron chi connectivity index (χ4n) is 5.64. The Labute approximate surface area is 348 Å². The number of ether oxygens (including phenoxy) is 1. The highest BCUT2D eigenvalue weighted by Gasteiger charge is 2.54. The van der Waals surface area contributed by atoms with Crippen LogP contribution < -0.4 is 15.8 Å². The standard InChI is InChI=1S/C33H29FN10O12S4/c1-13-6-22(44-32(37-13)39-21(41-44)8-36-60(53,54)16-3-5-18(45)20(47)7-16)57-10-15-11-58-30-25(28(50)43(30)29(15)56-33(51)52)40-27(49)24(17-12-59-31(35)38-17)42-55-9-14-2-4-19(46)26(48)23(14)34/h2-7,12,25,30,36,45-48H,8-11H2,1H3,(H2,35,38)(H,40,49)(H,51,52)/b42-24-. The second kappa shape index (κ2) is 16.7. The number of β-lactam (4-membered cyclic amide) rings is 1. The van der Waals surface area contributed by atoms with E-state index in [1.54, 1.807) is 13.0 Å². The van der Waals surface area contributed by atoms with Gasteiger partial charge in [-0.25, -0.2) is 32.3 Å². The van der Waals surface area contributed by atoms with Crippen LogP contribution >= 0.6 is 34.9 Å². The van der Waals surface area contributed by atoms with Crippen molar-refractivity contribution in [2.24, 2.45) is 5.16 Å². The van der Waals surface area contributed by atoms with Crippen molar-refractivity contribution in [3.8, 4) is 23.0 Å². The number of aromatic nitrogens is 5. The quantitative estimate of drug-likeness (QED) is 0.0150. The topological polar surface area (TPSA) is 327 Å². The minimum atomic E-state index is -4.15. The maximum atomic E-state index is 14.4. The average Bonchev–Trinajstić information content (AvgIpc) is 3.83. The molecular weight excluding hydrogens is 876 g/mol. The van der Waals surface area contributed by atoms with E-state index in [2.05, 4.69) is 35.2 Å². The van der Waals surface area contributed by atoms with Crippen LogP contribution in [-0.2, 0) is 42.3 Å². The van der Waals surface area contributed by atoms with Crippen molar-refractivity contribution in [1.29, 1.82) is 0 Å². The van der Waals surface area contributed by atoms with E-state index in [4.69, 9.17) is 15.3 Å². The zero-order valence-electron chi connectivity index (χ0n) is 30.3. The first-order valence-corrected chi connectivity index (χ1v) is 21.3. The van der Waals surface area contributed by atoms with Crippen LogP contribution in [0.25, 0.3) is 5.78 Å². The van der Waals surface area contributed by atoms with Crippen molar-refractivity contribution >= 4 is 79.5 Å². The minimum Gasteiger partial charge on any atom is -0.504 e. The van der Waals surface area contributed by atoms with Crippen molar-refractivity contribution in [3.63, 3.8) is 0 Å². The SMILES string of the molecule is Cc1cc(SCC2=C(OC(=O)O)N3C(=O)C(NC(=O)/C(=N\OCc4ccc(O)c(O)c4F)c4csc(N)n4)C3SC2)n2nc(CNS(=O)(=O)c3ccc(O)c(O)c3)nc2n1. The number of fused-ring (bicyclic) bond motifs is 2. The van der Waals surface area contributed by atoms with Gasteiger partial charge >= 0.3 is 6.16 Å². The fraction of sp³-hybridized carbons (Fsp3) is 0.212. The molecule has 5 heterocycles. The van der Waals surface area contributed by atoms with Crippen LogP contribution in [0.5, 0.6) is 23.0 Å². The Hall–Kier alpha value is -6.42.